The van der Waals surface area contributed by atoms with Crippen LogP contribution in [0.3, 0.4) is 0 Å². The monoisotopic (exact) mass is 195 g/mol. The third-order valence-electron chi connectivity index (χ3n) is 1.70. The SMILES string of the molecule is C=C(C)COCCNc1nccn1C. The van der Waals surface area contributed by atoms with Crippen LogP contribution in [0.25, 0.3) is 0 Å². The molecule has 78 valence electrons. The summed E-state index contributed by atoms with van der Waals surface area (Å²) in [6.07, 6.45) is 3.66. The number of nitrogens with zero attached hydrogens (tertiary/aromatic N) is 2. The highest BCUT2D eigenvalue weighted by Crippen LogP contribution is 1.99. The van der Waals surface area contributed by atoms with Crippen molar-refractivity contribution in [3.05, 3.63) is 24.5 Å². The second-order valence-corrected chi connectivity index (χ2v) is 3.30. The zero-order valence-electron chi connectivity index (χ0n) is 8.79. The molecule has 14 heavy (non-hydrogen) atoms. The van der Waals surface area contributed by atoms with Gasteiger partial charge in [-0.05, 0) is 6.92 Å². The van der Waals surface area contributed by atoms with Crippen LogP contribution in [0.4, 0.5) is 5.95 Å². The average molecular weight is 195 g/mol. The minimum Gasteiger partial charge on any atom is -0.375 e. The summed E-state index contributed by atoms with van der Waals surface area (Å²) in [5.41, 5.74) is 1.04. The number of nitrogens with one attached hydrogen (secondary N) is 1. The lowest BCUT2D eigenvalue weighted by atomic mass is 10.4. The topological polar surface area (TPSA) is 39.1 Å². The van der Waals surface area contributed by atoms with Crippen molar-refractivity contribution in [3.63, 3.8) is 0 Å². The molecule has 0 unspecified atom stereocenters. The highest BCUT2D eigenvalue weighted by Gasteiger charge is 1.96. The van der Waals surface area contributed by atoms with Gasteiger partial charge in [-0.25, -0.2) is 4.98 Å². The predicted octanol–water partition coefficient (Wildman–Crippen LogP) is 1.42. The molecular weight excluding hydrogens is 178 g/mol. The van der Waals surface area contributed by atoms with Gasteiger partial charge in [-0.1, -0.05) is 12.2 Å². The van der Waals surface area contributed by atoms with Crippen LogP contribution in [0.2, 0.25) is 0 Å². The molecule has 0 radical (unpaired) electrons. The standard InChI is InChI=1S/C10H17N3O/c1-9(2)8-14-7-5-12-10-11-4-6-13(10)3/h4,6H,1,5,7-8H2,2-3H3,(H,11,12). The molecular formula is C10H17N3O. The first-order valence-electron chi connectivity index (χ1n) is 4.63. The second-order valence-electron chi connectivity index (χ2n) is 3.30. The number of aromatic nitrogens is 2. The fourth-order valence-corrected chi connectivity index (χ4v) is 1.02. The molecule has 0 amide bonds. The molecule has 4 nitrogen and oxygen atoms in total. The molecule has 0 atom stereocenters. The van der Waals surface area contributed by atoms with Gasteiger partial charge in [0.1, 0.15) is 0 Å². The van der Waals surface area contributed by atoms with Gasteiger partial charge in [0.05, 0.1) is 13.2 Å². The van der Waals surface area contributed by atoms with Crippen LogP contribution in [0.5, 0.6) is 0 Å². The van der Waals surface area contributed by atoms with Crippen molar-refractivity contribution in [3.8, 4) is 0 Å². The number of anilines is 1. The van der Waals surface area contributed by atoms with E-state index >= 15 is 0 Å². The molecule has 0 spiro atoms. The van der Waals surface area contributed by atoms with Gasteiger partial charge in [0, 0.05) is 26.0 Å². The number of rotatable bonds is 6. The van der Waals surface area contributed by atoms with Crippen molar-refractivity contribution in [2.75, 3.05) is 25.1 Å². The van der Waals surface area contributed by atoms with Crippen LogP contribution in [-0.2, 0) is 11.8 Å². The Balaban J connectivity index is 2.10. The predicted molar refractivity (Wildman–Crippen MR) is 57.3 cm³/mol. The van der Waals surface area contributed by atoms with E-state index in [9.17, 15) is 0 Å². The van der Waals surface area contributed by atoms with E-state index in [1.165, 1.54) is 0 Å². The van der Waals surface area contributed by atoms with Gasteiger partial charge in [0.15, 0.2) is 0 Å². The van der Waals surface area contributed by atoms with Gasteiger partial charge < -0.3 is 14.6 Å². The second kappa shape index (κ2) is 5.44. The summed E-state index contributed by atoms with van der Waals surface area (Å²) in [6.45, 7) is 7.76. The van der Waals surface area contributed by atoms with Crippen molar-refractivity contribution < 1.29 is 4.74 Å². The Morgan fingerprint density at radius 2 is 2.50 bits per heavy atom. The number of hydrogen-bond donors (Lipinski definition) is 1. The van der Waals surface area contributed by atoms with Crippen molar-refractivity contribution in [1.82, 2.24) is 9.55 Å². The Hall–Kier alpha value is -1.29. The third-order valence-corrected chi connectivity index (χ3v) is 1.70. The number of hydrogen-bond acceptors (Lipinski definition) is 3. The van der Waals surface area contributed by atoms with Gasteiger partial charge >= 0.3 is 0 Å². The molecule has 1 heterocycles. The van der Waals surface area contributed by atoms with Crippen LogP contribution in [0.1, 0.15) is 6.92 Å². The molecule has 1 N–H and O–H groups in total. The van der Waals surface area contributed by atoms with Crippen LogP contribution in [-0.4, -0.2) is 29.3 Å². The Morgan fingerprint density at radius 3 is 3.07 bits per heavy atom. The van der Waals surface area contributed by atoms with E-state index in [4.69, 9.17) is 4.74 Å². The summed E-state index contributed by atoms with van der Waals surface area (Å²) in [4.78, 5) is 4.13. The summed E-state index contributed by atoms with van der Waals surface area (Å²) in [5, 5.41) is 3.16. The van der Waals surface area contributed by atoms with Crippen LogP contribution in [0.15, 0.2) is 24.5 Å². The quantitative estimate of drug-likeness (QED) is 0.551. The molecule has 0 aliphatic heterocycles. The first kappa shape index (κ1) is 10.8. The third kappa shape index (κ3) is 3.62. The Bertz CT molecular complexity index is 293. The molecule has 1 aromatic heterocycles. The van der Waals surface area contributed by atoms with Gasteiger partial charge in [-0.3, -0.25) is 0 Å². The number of aryl methyl sites for hydroxylation is 1. The molecule has 4 heteroatoms. The summed E-state index contributed by atoms with van der Waals surface area (Å²) in [5.74, 6) is 0.865. The number of ether oxygens (including phenoxy) is 1. The summed E-state index contributed by atoms with van der Waals surface area (Å²) >= 11 is 0. The van der Waals surface area contributed by atoms with Crippen molar-refractivity contribution >= 4 is 5.95 Å². The smallest absolute Gasteiger partial charge is 0.202 e. The van der Waals surface area contributed by atoms with Gasteiger partial charge in [0.25, 0.3) is 0 Å². The Kier molecular flexibility index (Phi) is 4.19. The molecule has 0 aromatic carbocycles. The molecule has 0 aliphatic rings. The fraction of sp³-hybridized carbons (Fsp3) is 0.500. The Labute approximate surface area is 84.6 Å². The van der Waals surface area contributed by atoms with E-state index in [0.29, 0.717) is 13.2 Å². The molecule has 0 fully saturated rings. The first-order valence-corrected chi connectivity index (χ1v) is 4.63. The minimum atomic E-state index is 0.627. The van der Waals surface area contributed by atoms with E-state index in [1.807, 2.05) is 24.7 Å². The van der Waals surface area contributed by atoms with Gasteiger partial charge in [-0.2, -0.15) is 0 Å². The zero-order chi connectivity index (χ0) is 10.4. The summed E-state index contributed by atoms with van der Waals surface area (Å²) in [7, 11) is 1.95. The van der Waals surface area contributed by atoms with Crippen LogP contribution >= 0.6 is 0 Å². The lowest BCUT2D eigenvalue weighted by Crippen LogP contribution is -2.12. The lowest BCUT2D eigenvalue weighted by molar-refractivity contribution is 0.167. The van der Waals surface area contributed by atoms with Crippen LogP contribution in [0, 0.1) is 0 Å². The molecule has 1 rings (SSSR count). The Morgan fingerprint density at radius 1 is 1.71 bits per heavy atom. The van der Waals surface area contributed by atoms with Gasteiger partial charge in [-0.15, -0.1) is 0 Å². The average Bonchev–Trinajstić information content (AvgIpc) is 2.51. The van der Waals surface area contributed by atoms with Crippen molar-refractivity contribution in [1.29, 1.82) is 0 Å². The summed E-state index contributed by atoms with van der Waals surface area (Å²) in [6, 6.07) is 0. The van der Waals surface area contributed by atoms with E-state index in [-0.39, 0.29) is 0 Å². The highest BCUT2D eigenvalue weighted by atomic mass is 16.5. The maximum Gasteiger partial charge on any atom is 0.202 e. The molecule has 0 saturated carbocycles. The van der Waals surface area contributed by atoms with E-state index in [1.54, 1.807) is 6.20 Å². The highest BCUT2D eigenvalue weighted by molar-refractivity contribution is 5.24. The van der Waals surface area contributed by atoms with Crippen molar-refractivity contribution in [2.24, 2.45) is 7.05 Å². The van der Waals surface area contributed by atoms with E-state index in [0.717, 1.165) is 18.1 Å². The van der Waals surface area contributed by atoms with Gasteiger partial charge in [0.2, 0.25) is 5.95 Å². The summed E-state index contributed by atoms with van der Waals surface area (Å²) < 4.78 is 7.26. The lowest BCUT2D eigenvalue weighted by Gasteiger charge is -2.06. The zero-order valence-corrected chi connectivity index (χ0v) is 8.79. The number of imidazole rings is 1. The molecule has 1 aromatic rings. The maximum absolute atomic E-state index is 5.33. The largest absolute Gasteiger partial charge is 0.375 e. The van der Waals surface area contributed by atoms with Crippen LogP contribution < -0.4 is 5.32 Å². The molecule has 0 aliphatic carbocycles. The molecule has 0 saturated heterocycles. The van der Waals surface area contributed by atoms with E-state index in [2.05, 4.69) is 16.9 Å². The minimum absolute atomic E-state index is 0.627. The first-order chi connectivity index (χ1) is 6.70. The normalized spacial score (nSPS) is 10.1. The maximum atomic E-state index is 5.33. The van der Waals surface area contributed by atoms with Crippen molar-refractivity contribution in [2.45, 2.75) is 6.92 Å². The molecule has 0 bridgehead atoms. The van der Waals surface area contributed by atoms with E-state index < -0.39 is 0 Å². The fourth-order valence-electron chi connectivity index (χ4n) is 1.02.